The number of amides is 2. The van der Waals surface area contributed by atoms with Crippen molar-refractivity contribution in [1.29, 1.82) is 0 Å². The van der Waals surface area contributed by atoms with Crippen LogP contribution in [0.3, 0.4) is 0 Å². The summed E-state index contributed by atoms with van der Waals surface area (Å²) in [6.45, 7) is 9.19. The zero-order valence-electron chi connectivity index (χ0n) is 16.6. The first-order valence-electron chi connectivity index (χ1n) is 8.97. The lowest BCUT2D eigenvalue weighted by Crippen LogP contribution is -2.32. The number of thioether (sulfide) groups is 2. The molecule has 0 radical (unpaired) electrons. The Labute approximate surface area is 173 Å². The van der Waals surface area contributed by atoms with Gasteiger partial charge >= 0.3 is 0 Å². The van der Waals surface area contributed by atoms with E-state index >= 15 is 0 Å². The molecule has 0 aliphatic carbocycles. The molecule has 0 saturated heterocycles. The third-order valence-corrected chi connectivity index (χ3v) is 6.16. The smallest absolute Gasteiger partial charge is 0.234 e. The Morgan fingerprint density at radius 3 is 2.32 bits per heavy atom. The lowest BCUT2D eigenvalue weighted by Gasteiger charge is -2.17. The Hall–Kier alpha value is -2.20. The predicted molar refractivity (Wildman–Crippen MR) is 114 cm³/mol. The van der Waals surface area contributed by atoms with Gasteiger partial charge in [-0.25, -0.2) is 4.68 Å². The zero-order chi connectivity index (χ0) is 20.7. The summed E-state index contributed by atoms with van der Waals surface area (Å²) in [6.07, 6.45) is 0. The average molecular weight is 423 g/mol. The largest absolute Gasteiger partial charge is 0.343 e. The number of carbonyl (C=O) groups is 2. The molecule has 152 valence electrons. The maximum absolute atomic E-state index is 12.2. The standard InChI is InChI=1S/C18H26N6O2S2/c1-5-23(6-2)16(26)11-28-18-22-21-17(24(18)19)27-10-15(25)20-14-9-7-8-12(3)13(14)4/h7-9H,5-6,10-11,19H2,1-4H3,(H,20,25). The molecule has 28 heavy (non-hydrogen) atoms. The fourth-order valence-electron chi connectivity index (χ4n) is 2.46. The summed E-state index contributed by atoms with van der Waals surface area (Å²) in [6, 6.07) is 5.78. The Balaban J connectivity index is 1.89. The van der Waals surface area contributed by atoms with Crippen molar-refractivity contribution in [2.75, 3.05) is 35.8 Å². The van der Waals surface area contributed by atoms with Crippen molar-refractivity contribution >= 4 is 41.0 Å². The van der Waals surface area contributed by atoms with Crippen molar-refractivity contribution in [3.05, 3.63) is 29.3 Å². The number of benzene rings is 1. The lowest BCUT2D eigenvalue weighted by atomic mass is 10.1. The number of anilines is 1. The highest BCUT2D eigenvalue weighted by Gasteiger charge is 2.16. The molecule has 0 unspecified atom stereocenters. The maximum Gasteiger partial charge on any atom is 0.234 e. The van der Waals surface area contributed by atoms with Gasteiger partial charge in [-0.1, -0.05) is 35.7 Å². The van der Waals surface area contributed by atoms with Crippen molar-refractivity contribution < 1.29 is 9.59 Å². The second-order valence-corrected chi connectivity index (χ2v) is 7.96. The predicted octanol–water partition coefficient (Wildman–Crippen LogP) is 2.30. The van der Waals surface area contributed by atoms with Crippen molar-refractivity contribution in [3.8, 4) is 0 Å². The van der Waals surface area contributed by atoms with E-state index in [1.165, 1.54) is 28.2 Å². The van der Waals surface area contributed by atoms with E-state index in [1.807, 2.05) is 45.9 Å². The van der Waals surface area contributed by atoms with E-state index in [0.29, 0.717) is 23.4 Å². The Kier molecular flexibility index (Phi) is 8.18. The van der Waals surface area contributed by atoms with Crippen LogP contribution in [0.25, 0.3) is 0 Å². The molecule has 10 heteroatoms. The molecular formula is C18H26N6O2S2. The Morgan fingerprint density at radius 2 is 1.71 bits per heavy atom. The van der Waals surface area contributed by atoms with E-state index in [2.05, 4.69) is 15.5 Å². The molecule has 2 aromatic rings. The lowest BCUT2D eigenvalue weighted by molar-refractivity contribution is -0.128. The minimum absolute atomic E-state index is 0.0279. The second kappa shape index (κ2) is 10.4. The molecule has 1 aromatic heterocycles. The van der Waals surface area contributed by atoms with Crippen LogP contribution < -0.4 is 11.2 Å². The highest BCUT2D eigenvalue weighted by atomic mass is 32.2. The number of carbonyl (C=O) groups excluding carboxylic acids is 2. The number of hydrogen-bond acceptors (Lipinski definition) is 7. The van der Waals surface area contributed by atoms with Crippen molar-refractivity contribution in [2.24, 2.45) is 0 Å². The summed E-state index contributed by atoms with van der Waals surface area (Å²) in [5, 5.41) is 11.8. The van der Waals surface area contributed by atoms with Gasteiger partial charge < -0.3 is 16.1 Å². The summed E-state index contributed by atoms with van der Waals surface area (Å²) >= 11 is 2.43. The molecule has 0 bridgehead atoms. The van der Waals surface area contributed by atoms with E-state index in [0.717, 1.165) is 16.8 Å². The molecule has 8 nitrogen and oxygen atoms in total. The van der Waals surface area contributed by atoms with Crippen molar-refractivity contribution in [2.45, 2.75) is 38.0 Å². The number of hydrogen-bond donors (Lipinski definition) is 2. The van der Waals surface area contributed by atoms with Gasteiger partial charge in [0.05, 0.1) is 11.5 Å². The normalized spacial score (nSPS) is 10.7. The topological polar surface area (TPSA) is 106 Å². The maximum atomic E-state index is 12.2. The third-order valence-electron chi connectivity index (χ3n) is 4.29. The molecule has 2 amide bonds. The quantitative estimate of drug-likeness (QED) is 0.472. The summed E-state index contributed by atoms with van der Waals surface area (Å²) in [4.78, 5) is 26.1. The Morgan fingerprint density at radius 1 is 1.11 bits per heavy atom. The zero-order valence-corrected chi connectivity index (χ0v) is 18.2. The van der Waals surface area contributed by atoms with Gasteiger partial charge in [0.1, 0.15) is 0 Å². The van der Waals surface area contributed by atoms with E-state index in [-0.39, 0.29) is 23.3 Å². The molecular weight excluding hydrogens is 396 g/mol. The van der Waals surface area contributed by atoms with Crippen LogP contribution >= 0.6 is 23.5 Å². The van der Waals surface area contributed by atoms with E-state index in [4.69, 9.17) is 5.84 Å². The number of rotatable bonds is 9. The van der Waals surface area contributed by atoms with Gasteiger partial charge in [-0.3, -0.25) is 9.59 Å². The van der Waals surface area contributed by atoms with Crippen LogP contribution in [-0.2, 0) is 9.59 Å². The molecule has 1 aromatic carbocycles. The van der Waals surface area contributed by atoms with Gasteiger partial charge in [0.15, 0.2) is 0 Å². The molecule has 0 aliphatic rings. The van der Waals surface area contributed by atoms with Crippen molar-refractivity contribution in [1.82, 2.24) is 19.8 Å². The van der Waals surface area contributed by atoms with Crippen LogP contribution in [0, 0.1) is 13.8 Å². The van der Waals surface area contributed by atoms with Gasteiger partial charge in [-0.15, -0.1) is 10.2 Å². The number of aryl methyl sites for hydroxylation is 1. The minimum Gasteiger partial charge on any atom is -0.343 e. The Bertz CT molecular complexity index is 835. The van der Waals surface area contributed by atoms with Gasteiger partial charge in [0.2, 0.25) is 22.1 Å². The van der Waals surface area contributed by atoms with Crippen LogP contribution in [0.5, 0.6) is 0 Å². The molecule has 0 aliphatic heterocycles. The van der Waals surface area contributed by atoms with Gasteiger partial charge in [-0.05, 0) is 44.9 Å². The summed E-state index contributed by atoms with van der Waals surface area (Å²) in [5.74, 6) is 6.29. The van der Waals surface area contributed by atoms with Gasteiger partial charge in [0, 0.05) is 18.8 Å². The SMILES string of the molecule is CCN(CC)C(=O)CSc1nnc(SCC(=O)Nc2cccc(C)c2C)n1N. The molecule has 1 heterocycles. The van der Waals surface area contributed by atoms with Crippen LogP contribution in [0.4, 0.5) is 5.69 Å². The van der Waals surface area contributed by atoms with Gasteiger partial charge in [-0.2, -0.15) is 0 Å². The monoisotopic (exact) mass is 422 g/mol. The highest BCUT2D eigenvalue weighted by molar-refractivity contribution is 8.00. The first-order chi connectivity index (χ1) is 13.4. The van der Waals surface area contributed by atoms with Crippen molar-refractivity contribution in [3.63, 3.8) is 0 Å². The first-order valence-corrected chi connectivity index (χ1v) is 10.9. The van der Waals surface area contributed by atoms with E-state index < -0.39 is 0 Å². The van der Waals surface area contributed by atoms with Crippen LogP contribution in [0.15, 0.2) is 28.5 Å². The fourth-order valence-corrected chi connectivity index (χ4v) is 3.93. The van der Waals surface area contributed by atoms with E-state index in [1.54, 1.807) is 4.90 Å². The molecule has 0 fully saturated rings. The fraction of sp³-hybridized carbons (Fsp3) is 0.444. The molecule has 2 rings (SSSR count). The number of nitrogens with zero attached hydrogens (tertiary/aromatic N) is 4. The number of nitrogen functional groups attached to an aromatic ring is 1. The molecule has 0 spiro atoms. The third kappa shape index (κ3) is 5.65. The molecule has 0 atom stereocenters. The summed E-state index contributed by atoms with van der Waals surface area (Å²) in [5.41, 5.74) is 2.96. The minimum atomic E-state index is -0.146. The number of aromatic nitrogens is 3. The summed E-state index contributed by atoms with van der Waals surface area (Å²) in [7, 11) is 0. The number of nitrogens with two attached hydrogens (primary N) is 1. The summed E-state index contributed by atoms with van der Waals surface area (Å²) < 4.78 is 1.32. The van der Waals surface area contributed by atoms with E-state index in [9.17, 15) is 9.59 Å². The van der Waals surface area contributed by atoms with Crippen LogP contribution in [0.2, 0.25) is 0 Å². The van der Waals surface area contributed by atoms with Crippen LogP contribution in [-0.4, -0.2) is 56.2 Å². The highest BCUT2D eigenvalue weighted by Crippen LogP contribution is 2.22. The average Bonchev–Trinajstić information content (AvgIpc) is 3.03. The van der Waals surface area contributed by atoms with Crippen LogP contribution in [0.1, 0.15) is 25.0 Å². The molecule has 3 N–H and O–H groups in total. The number of nitrogens with one attached hydrogen (secondary N) is 1. The molecule has 0 saturated carbocycles. The first kappa shape index (κ1) is 22.1. The second-order valence-electron chi connectivity index (χ2n) is 6.07. The van der Waals surface area contributed by atoms with Gasteiger partial charge in [0.25, 0.3) is 0 Å².